The van der Waals surface area contributed by atoms with Gasteiger partial charge in [0.15, 0.2) is 5.75 Å². The summed E-state index contributed by atoms with van der Waals surface area (Å²) < 4.78 is 10.6. The van der Waals surface area contributed by atoms with Crippen molar-refractivity contribution in [1.82, 2.24) is 0 Å². The number of ether oxygens (including phenoxy) is 2. The van der Waals surface area contributed by atoms with Gasteiger partial charge in [-0.15, -0.1) is 0 Å². The lowest BCUT2D eigenvalue weighted by Crippen LogP contribution is -2.19. The Bertz CT molecular complexity index is 1210. The topological polar surface area (TPSA) is 55.5 Å². The monoisotopic (exact) mass is 407 g/mol. The molecule has 3 heterocycles. The van der Waals surface area contributed by atoms with Crippen LogP contribution in [-0.2, 0) is 0 Å². The molecule has 3 aliphatic rings. The zero-order chi connectivity index (χ0) is 21.5. The van der Waals surface area contributed by atoms with Crippen molar-refractivity contribution in [3.8, 4) is 11.5 Å². The summed E-state index contributed by atoms with van der Waals surface area (Å²) in [5, 5.41) is 2.05. The number of aliphatic imine (C=N–C) groups is 1. The third kappa shape index (κ3) is 5.22. The zero-order valence-electron chi connectivity index (χ0n) is 16.9. The SMILES string of the molecule is C=C1C=Cc2ccccc2O1.C=C1C=Nc2ccccc2O1.c1ccc2c(c1)=NCN=2. The van der Waals surface area contributed by atoms with Gasteiger partial charge in [0, 0.05) is 5.56 Å². The van der Waals surface area contributed by atoms with Gasteiger partial charge in [-0.2, -0.15) is 0 Å². The summed E-state index contributed by atoms with van der Waals surface area (Å²) in [6, 6.07) is 23.4. The van der Waals surface area contributed by atoms with Gasteiger partial charge in [0.2, 0.25) is 0 Å². The highest BCUT2D eigenvalue weighted by Crippen LogP contribution is 2.30. The average molecular weight is 407 g/mol. The zero-order valence-corrected chi connectivity index (χ0v) is 16.9. The number of rotatable bonds is 0. The maximum atomic E-state index is 5.35. The fourth-order valence-electron chi connectivity index (χ4n) is 2.95. The van der Waals surface area contributed by atoms with Crippen molar-refractivity contribution in [2.45, 2.75) is 0 Å². The number of hydrogen-bond acceptors (Lipinski definition) is 5. The average Bonchev–Trinajstić information content (AvgIpc) is 3.29. The van der Waals surface area contributed by atoms with E-state index in [1.54, 1.807) is 6.21 Å². The molecule has 0 bridgehead atoms. The lowest BCUT2D eigenvalue weighted by molar-refractivity contribution is 0.442. The summed E-state index contributed by atoms with van der Waals surface area (Å²) in [6.07, 6.45) is 5.48. The van der Waals surface area contributed by atoms with Gasteiger partial charge in [0.05, 0.1) is 16.9 Å². The van der Waals surface area contributed by atoms with Crippen LogP contribution < -0.4 is 20.2 Å². The Morgan fingerprint density at radius 2 is 1.26 bits per heavy atom. The third-order valence-electron chi connectivity index (χ3n) is 4.43. The van der Waals surface area contributed by atoms with E-state index >= 15 is 0 Å². The first-order valence-corrected chi connectivity index (χ1v) is 9.77. The predicted molar refractivity (Wildman–Crippen MR) is 123 cm³/mol. The molecular weight excluding hydrogens is 386 g/mol. The molecule has 3 aromatic carbocycles. The molecule has 5 nitrogen and oxygen atoms in total. The molecule has 0 saturated carbocycles. The van der Waals surface area contributed by atoms with Gasteiger partial charge in [-0.25, -0.2) is 4.99 Å². The molecule has 0 aromatic heterocycles. The lowest BCUT2D eigenvalue weighted by atomic mass is 10.1. The van der Waals surface area contributed by atoms with Crippen LogP contribution in [0.15, 0.2) is 119 Å². The Morgan fingerprint density at radius 3 is 2.03 bits per heavy atom. The van der Waals surface area contributed by atoms with E-state index in [0.717, 1.165) is 33.5 Å². The van der Waals surface area contributed by atoms with E-state index in [1.165, 1.54) is 0 Å². The number of benzene rings is 3. The molecule has 0 atom stereocenters. The summed E-state index contributed by atoms with van der Waals surface area (Å²) in [7, 11) is 0. The Kier molecular flexibility index (Phi) is 6.14. The highest BCUT2D eigenvalue weighted by molar-refractivity contribution is 5.82. The number of para-hydroxylation sites is 5. The van der Waals surface area contributed by atoms with E-state index in [1.807, 2.05) is 84.9 Å². The van der Waals surface area contributed by atoms with Crippen molar-refractivity contribution in [1.29, 1.82) is 0 Å². The maximum Gasteiger partial charge on any atom is 0.153 e. The molecule has 3 aliphatic heterocycles. The summed E-state index contributed by atoms with van der Waals surface area (Å²) in [5.41, 5.74) is 1.97. The van der Waals surface area contributed by atoms with Gasteiger partial charge in [-0.05, 0) is 42.5 Å². The first-order chi connectivity index (χ1) is 15.2. The van der Waals surface area contributed by atoms with Crippen LogP contribution in [0.1, 0.15) is 5.56 Å². The van der Waals surface area contributed by atoms with Gasteiger partial charge < -0.3 is 9.47 Å². The van der Waals surface area contributed by atoms with Crippen LogP contribution in [0.4, 0.5) is 5.69 Å². The highest BCUT2D eigenvalue weighted by Gasteiger charge is 2.06. The molecule has 0 fully saturated rings. The van der Waals surface area contributed by atoms with E-state index in [0.29, 0.717) is 18.2 Å². The highest BCUT2D eigenvalue weighted by atomic mass is 16.5. The fraction of sp³-hybridized carbons (Fsp3) is 0.0385. The summed E-state index contributed by atoms with van der Waals surface area (Å²) >= 11 is 0. The Morgan fingerprint density at radius 1 is 0.645 bits per heavy atom. The molecule has 0 amide bonds. The third-order valence-corrected chi connectivity index (χ3v) is 4.43. The second kappa shape index (κ2) is 9.50. The largest absolute Gasteiger partial charge is 0.457 e. The summed E-state index contributed by atoms with van der Waals surface area (Å²) in [6.45, 7) is 7.96. The molecule has 0 saturated heterocycles. The van der Waals surface area contributed by atoms with Gasteiger partial charge in [-0.3, -0.25) is 9.98 Å². The first kappa shape index (κ1) is 20.0. The molecule has 0 aliphatic carbocycles. The van der Waals surface area contributed by atoms with Gasteiger partial charge in [-0.1, -0.05) is 55.6 Å². The Labute approximate surface area is 180 Å². The van der Waals surface area contributed by atoms with Crippen molar-refractivity contribution in [2.75, 3.05) is 6.67 Å². The van der Waals surface area contributed by atoms with Gasteiger partial charge in [0.25, 0.3) is 0 Å². The Balaban J connectivity index is 0.000000113. The standard InChI is InChI=1S/C10H8O.C9H7NO.C7H6N2/c1-8-6-7-9-4-2-3-5-10(9)11-8;1-7-6-10-8-4-2-3-5-9(8)11-7;1-2-4-7-6(3-1)8-5-9-7/h2-7H,1H2;2-6H,1H2;1-4H,5H2. The maximum absolute atomic E-state index is 5.35. The van der Waals surface area contributed by atoms with Crippen LogP contribution in [0.2, 0.25) is 0 Å². The minimum atomic E-state index is 0.587. The molecule has 0 radical (unpaired) electrons. The number of hydrogen-bond donors (Lipinski definition) is 0. The van der Waals surface area contributed by atoms with Crippen LogP contribution in [0, 0.1) is 0 Å². The molecule has 0 N–H and O–H groups in total. The van der Waals surface area contributed by atoms with E-state index < -0.39 is 0 Å². The van der Waals surface area contributed by atoms with Crippen LogP contribution >= 0.6 is 0 Å². The van der Waals surface area contributed by atoms with Crippen LogP contribution in [0.3, 0.4) is 0 Å². The van der Waals surface area contributed by atoms with E-state index in [9.17, 15) is 0 Å². The number of nitrogens with zero attached hydrogens (tertiary/aromatic N) is 3. The normalized spacial score (nSPS) is 13.9. The van der Waals surface area contributed by atoms with Gasteiger partial charge in [0.1, 0.15) is 29.6 Å². The molecule has 152 valence electrons. The minimum Gasteiger partial charge on any atom is -0.457 e. The fourth-order valence-corrected chi connectivity index (χ4v) is 2.95. The first-order valence-electron chi connectivity index (χ1n) is 9.77. The van der Waals surface area contributed by atoms with E-state index in [4.69, 9.17) is 9.47 Å². The lowest BCUT2D eigenvalue weighted by Gasteiger charge is -2.12. The van der Waals surface area contributed by atoms with Crippen LogP contribution in [-0.4, -0.2) is 12.9 Å². The van der Waals surface area contributed by atoms with Crippen molar-refractivity contribution in [3.05, 3.63) is 120 Å². The molecule has 3 aromatic rings. The van der Waals surface area contributed by atoms with Crippen LogP contribution in [0.5, 0.6) is 11.5 Å². The molecule has 0 unspecified atom stereocenters. The second-order valence-electron chi connectivity index (χ2n) is 6.68. The summed E-state index contributed by atoms with van der Waals surface area (Å²) in [5.74, 6) is 2.95. The van der Waals surface area contributed by atoms with E-state index in [2.05, 4.69) is 28.1 Å². The quantitative estimate of drug-likeness (QED) is 0.538. The summed E-state index contributed by atoms with van der Waals surface area (Å²) in [4.78, 5) is 12.4. The molecule has 31 heavy (non-hydrogen) atoms. The smallest absolute Gasteiger partial charge is 0.153 e. The van der Waals surface area contributed by atoms with Crippen molar-refractivity contribution in [3.63, 3.8) is 0 Å². The molecule has 0 spiro atoms. The number of allylic oxidation sites excluding steroid dienone is 2. The Hall–Kier alpha value is -4.25. The number of fused-ring (bicyclic) bond motifs is 3. The molecule has 5 heteroatoms. The van der Waals surface area contributed by atoms with Crippen LogP contribution in [0.25, 0.3) is 6.08 Å². The molecule has 6 rings (SSSR count). The van der Waals surface area contributed by atoms with Crippen molar-refractivity contribution >= 4 is 18.0 Å². The van der Waals surface area contributed by atoms with Gasteiger partial charge >= 0.3 is 0 Å². The minimum absolute atomic E-state index is 0.587. The van der Waals surface area contributed by atoms with Crippen molar-refractivity contribution in [2.24, 2.45) is 15.0 Å². The van der Waals surface area contributed by atoms with Crippen molar-refractivity contribution < 1.29 is 9.47 Å². The second-order valence-corrected chi connectivity index (χ2v) is 6.68. The predicted octanol–water partition coefficient (Wildman–Crippen LogP) is 4.80. The van der Waals surface area contributed by atoms with E-state index in [-0.39, 0.29) is 0 Å². The molecular formula is C26H21N3O2.